The zero-order chi connectivity index (χ0) is 18.2. The maximum Gasteiger partial charge on any atom is 0.332 e. The molecule has 2 amide bonds. The van der Waals surface area contributed by atoms with Crippen LogP contribution < -0.4 is 20.6 Å². The fourth-order valence-electron chi connectivity index (χ4n) is 1.98. The number of nitrogens with zero attached hydrogens (tertiary/aromatic N) is 1. The molecule has 2 aromatic rings. The van der Waals surface area contributed by atoms with Gasteiger partial charge in [-0.2, -0.15) is 5.10 Å². The fraction of sp³-hybridized carbons (Fsp3) is 0.176. The van der Waals surface area contributed by atoms with Gasteiger partial charge < -0.3 is 15.2 Å². The number of primary amides is 1. The van der Waals surface area contributed by atoms with Gasteiger partial charge in [0.1, 0.15) is 12.4 Å². The molecule has 0 unspecified atom stereocenters. The molecule has 0 fully saturated rings. The standard InChI is InChI=1S/C17H17ClFN3O3/c1-2-24-16-8-11(9-21-22-17(20)23)6-7-15(16)25-10-12-13(18)4-3-5-14(12)19/h3-9H,2,10H2,1H3,(H3,20,22,23)/b21-9+. The summed E-state index contributed by atoms with van der Waals surface area (Å²) in [7, 11) is 0. The highest BCUT2D eigenvalue weighted by Crippen LogP contribution is 2.30. The van der Waals surface area contributed by atoms with Crippen LogP contribution in [0.5, 0.6) is 11.5 Å². The minimum atomic E-state index is -0.761. The number of benzene rings is 2. The molecule has 0 bridgehead atoms. The van der Waals surface area contributed by atoms with Crippen molar-refractivity contribution in [2.45, 2.75) is 13.5 Å². The Morgan fingerprint density at radius 3 is 2.80 bits per heavy atom. The van der Waals surface area contributed by atoms with Gasteiger partial charge in [0.2, 0.25) is 0 Å². The van der Waals surface area contributed by atoms with E-state index in [1.807, 2.05) is 6.92 Å². The zero-order valence-electron chi connectivity index (χ0n) is 13.5. The molecule has 3 N–H and O–H groups in total. The van der Waals surface area contributed by atoms with E-state index in [4.69, 9.17) is 26.8 Å². The predicted octanol–water partition coefficient (Wildman–Crippen LogP) is 3.46. The number of urea groups is 1. The second-order valence-corrected chi connectivity index (χ2v) is 5.27. The number of carbonyl (C=O) groups is 1. The first kappa shape index (κ1) is 18.5. The molecule has 0 aliphatic rings. The third-order valence-corrected chi connectivity index (χ3v) is 3.44. The molecule has 0 aliphatic heterocycles. The van der Waals surface area contributed by atoms with Crippen molar-refractivity contribution in [3.63, 3.8) is 0 Å². The summed E-state index contributed by atoms with van der Waals surface area (Å²) in [6.07, 6.45) is 1.41. The average Bonchev–Trinajstić information content (AvgIpc) is 2.56. The minimum absolute atomic E-state index is 0.0394. The third-order valence-electron chi connectivity index (χ3n) is 3.09. The Kier molecular flexibility index (Phi) is 6.59. The Morgan fingerprint density at radius 1 is 1.32 bits per heavy atom. The lowest BCUT2D eigenvalue weighted by Crippen LogP contribution is -2.24. The van der Waals surface area contributed by atoms with Gasteiger partial charge >= 0.3 is 6.03 Å². The summed E-state index contributed by atoms with van der Waals surface area (Å²) >= 11 is 5.99. The molecule has 8 heteroatoms. The number of carbonyl (C=O) groups excluding carboxylic acids is 1. The number of halogens is 2. The summed E-state index contributed by atoms with van der Waals surface area (Å²) in [5.74, 6) is 0.450. The summed E-state index contributed by atoms with van der Waals surface area (Å²) in [4.78, 5) is 10.6. The van der Waals surface area contributed by atoms with Gasteiger partial charge in [0, 0.05) is 5.56 Å². The molecular formula is C17H17ClFN3O3. The largest absolute Gasteiger partial charge is 0.490 e. The summed E-state index contributed by atoms with van der Waals surface area (Å²) < 4.78 is 25.0. The van der Waals surface area contributed by atoms with Crippen LogP contribution >= 0.6 is 11.6 Å². The Balaban J connectivity index is 2.16. The molecule has 132 valence electrons. The molecule has 0 aromatic heterocycles. The van der Waals surface area contributed by atoms with Gasteiger partial charge in [0.15, 0.2) is 11.5 Å². The minimum Gasteiger partial charge on any atom is -0.490 e. The first-order valence-corrected chi connectivity index (χ1v) is 7.80. The fourth-order valence-corrected chi connectivity index (χ4v) is 2.20. The van der Waals surface area contributed by atoms with E-state index in [0.29, 0.717) is 28.7 Å². The van der Waals surface area contributed by atoms with Crippen molar-refractivity contribution in [3.8, 4) is 11.5 Å². The second-order valence-electron chi connectivity index (χ2n) is 4.86. The zero-order valence-corrected chi connectivity index (χ0v) is 14.2. The summed E-state index contributed by atoms with van der Waals surface area (Å²) in [6.45, 7) is 2.20. The molecule has 0 aliphatic carbocycles. The summed E-state index contributed by atoms with van der Waals surface area (Å²) in [5.41, 5.74) is 7.95. The average molecular weight is 366 g/mol. The van der Waals surface area contributed by atoms with Crippen LogP contribution in [0, 0.1) is 5.82 Å². The Hall–Kier alpha value is -2.80. The Labute approximate surface area is 149 Å². The molecular weight excluding hydrogens is 349 g/mol. The maximum atomic E-state index is 13.8. The van der Waals surface area contributed by atoms with Crippen molar-refractivity contribution in [1.82, 2.24) is 5.43 Å². The number of hydrogen-bond acceptors (Lipinski definition) is 4. The highest BCUT2D eigenvalue weighted by molar-refractivity contribution is 6.31. The maximum absolute atomic E-state index is 13.8. The number of hydrazone groups is 1. The van der Waals surface area contributed by atoms with Gasteiger partial charge in [0.05, 0.1) is 17.8 Å². The van der Waals surface area contributed by atoms with E-state index in [0.717, 1.165) is 0 Å². The summed E-state index contributed by atoms with van der Waals surface area (Å²) in [5, 5.41) is 3.97. The number of rotatable bonds is 7. The number of ether oxygens (including phenoxy) is 2. The smallest absolute Gasteiger partial charge is 0.332 e. The Bertz CT molecular complexity index is 763. The van der Waals surface area contributed by atoms with Crippen LogP contribution in [0.2, 0.25) is 5.02 Å². The van der Waals surface area contributed by atoms with Crippen LogP contribution in [0.15, 0.2) is 41.5 Å². The third kappa shape index (κ3) is 5.36. The van der Waals surface area contributed by atoms with Crippen LogP contribution in [0.1, 0.15) is 18.1 Å². The van der Waals surface area contributed by atoms with E-state index in [1.165, 1.54) is 18.3 Å². The predicted molar refractivity (Wildman–Crippen MR) is 93.7 cm³/mol. The van der Waals surface area contributed by atoms with Crippen molar-refractivity contribution in [3.05, 3.63) is 58.4 Å². The van der Waals surface area contributed by atoms with Crippen LogP contribution in [0.25, 0.3) is 0 Å². The first-order chi connectivity index (χ1) is 12.0. The molecule has 0 saturated carbocycles. The lowest BCUT2D eigenvalue weighted by Gasteiger charge is -2.13. The molecule has 0 saturated heterocycles. The normalized spacial score (nSPS) is 10.7. The van der Waals surface area contributed by atoms with Crippen molar-refractivity contribution in [2.75, 3.05) is 6.61 Å². The van der Waals surface area contributed by atoms with Crippen LogP contribution in [-0.4, -0.2) is 18.9 Å². The lowest BCUT2D eigenvalue weighted by molar-refractivity contribution is 0.249. The quantitative estimate of drug-likeness (QED) is 0.582. The van der Waals surface area contributed by atoms with Gasteiger partial charge in [-0.05, 0) is 42.8 Å². The number of nitrogens with two attached hydrogens (primary N) is 1. The van der Waals surface area contributed by atoms with Crippen molar-refractivity contribution in [1.29, 1.82) is 0 Å². The van der Waals surface area contributed by atoms with Crippen molar-refractivity contribution in [2.24, 2.45) is 10.8 Å². The highest BCUT2D eigenvalue weighted by atomic mass is 35.5. The lowest BCUT2D eigenvalue weighted by atomic mass is 10.2. The number of nitrogens with one attached hydrogen (secondary N) is 1. The van der Waals surface area contributed by atoms with Gasteiger partial charge in [-0.3, -0.25) is 0 Å². The molecule has 25 heavy (non-hydrogen) atoms. The van der Waals surface area contributed by atoms with Gasteiger partial charge in [0.25, 0.3) is 0 Å². The van der Waals surface area contributed by atoms with E-state index in [1.54, 1.807) is 24.3 Å². The first-order valence-electron chi connectivity index (χ1n) is 7.42. The van der Waals surface area contributed by atoms with Crippen molar-refractivity contribution < 1.29 is 18.7 Å². The van der Waals surface area contributed by atoms with E-state index in [-0.39, 0.29) is 12.2 Å². The molecule has 0 radical (unpaired) electrons. The van der Waals surface area contributed by atoms with Crippen LogP contribution in [0.3, 0.4) is 0 Å². The van der Waals surface area contributed by atoms with Crippen LogP contribution in [-0.2, 0) is 6.61 Å². The molecule has 6 nitrogen and oxygen atoms in total. The number of amides is 2. The molecule has 0 heterocycles. The molecule has 0 spiro atoms. The molecule has 2 rings (SSSR count). The van der Waals surface area contributed by atoms with Gasteiger partial charge in [-0.25, -0.2) is 14.6 Å². The van der Waals surface area contributed by atoms with Gasteiger partial charge in [-0.15, -0.1) is 0 Å². The number of hydrogen-bond donors (Lipinski definition) is 2. The summed E-state index contributed by atoms with van der Waals surface area (Å²) in [6, 6.07) is 8.72. The Morgan fingerprint density at radius 2 is 2.12 bits per heavy atom. The van der Waals surface area contributed by atoms with E-state index in [9.17, 15) is 9.18 Å². The highest BCUT2D eigenvalue weighted by Gasteiger charge is 2.11. The second kappa shape index (κ2) is 8.89. The topological polar surface area (TPSA) is 85.9 Å². The van der Waals surface area contributed by atoms with E-state index < -0.39 is 11.8 Å². The van der Waals surface area contributed by atoms with E-state index >= 15 is 0 Å². The van der Waals surface area contributed by atoms with Crippen LogP contribution in [0.4, 0.5) is 9.18 Å². The monoisotopic (exact) mass is 365 g/mol. The van der Waals surface area contributed by atoms with Crippen molar-refractivity contribution >= 4 is 23.8 Å². The van der Waals surface area contributed by atoms with E-state index in [2.05, 4.69) is 10.5 Å². The molecule has 2 aromatic carbocycles. The van der Waals surface area contributed by atoms with Gasteiger partial charge in [-0.1, -0.05) is 17.7 Å². The molecule has 0 atom stereocenters. The SMILES string of the molecule is CCOc1cc(/C=N/NC(N)=O)ccc1OCc1c(F)cccc1Cl.